The lowest BCUT2D eigenvalue weighted by Crippen LogP contribution is -2.15. The molecule has 1 N–H and O–H groups in total. The molecule has 0 aliphatic carbocycles. The summed E-state index contributed by atoms with van der Waals surface area (Å²) in [6.45, 7) is 1.77. The van der Waals surface area contributed by atoms with Crippen LogP contribution in [0.15, 0.2) is 24.4 Å². The number of carbonyl (C=O) groups excluding carboxylic acids is 1. The molecule has 1 aromatic carbocycles. The van der Waals surface area contributed by atoms with E-state index in [1.807, 2.05) is 4.57 Å². The second kappa shape index (κ2) is 6.07. The van der Waals surface area contributed by atoms with Crippen LogP contribution in [-0.2, 0) is 17.9 Å². The summed E-state index contributed by atoms with van der Waals surface area (Å²) in [5, 5.41) is 2.80. The minimum atomic E-state index is -0.298. The van der Waals surface area contributed by atoms with Gasteiger partial charge in [-0.2, -0.15) is 0 Å². The van der Waals surface area contributed by atoms with E-state index in [1.54, 1.807) is 38.6 Å². The first-order valence-corrected chi connectivity index (χ1v) is 6.88. The van der Waals surface area contributed by atoms with Gasteiger partial charge in [0.05, 0.1) is 26.5 Å². The Bertz CT molecular complexity index is 673. The van der Waals surface area contributed by atoms with E-state index >= 15 is 0 Å². The highest BCUT2D eigenvalue weighted by Crippen LogP contribution is 2.29. The Morgan fingerprint density at radius 3 is 2.95 bits per heavy atom. The van der Waals surface area contributed by atoms with Gasteiger partial charge in [-0.1, -0.05) is 0 Å². The Labute approximate surface area is 127 Å². The molecule has 1 aliphatic heterocycles. The Morgan fingerprint density at radius 2 is 2.23 bits per heavy atom. The van der Waals surface area contributed by atoms with Crippen LogP contribution in [-0.4, -0.2) is 36.3 Å². The van der Waals surface area contributed by atoms with Crippen molar-refractivity contribution in [2.24, 2.45) is 0 Å². The minimum absolute atomic E-state index is 0.298. The van der Waals surface area contributed by atoms with Gasteiger partial charge in [0.2, 0.25) is 0 Å². The molecule has 0 unspecified atom stereocenters. The highest BCUT2D eigenvalue weighted by atomic mass is 16.5. The molecule has 0 fully saturated rings. The third kappa shape index (κ3) is 2.75. The number of nitrogens with one attached hydrogen (secondary N) is 1. The predicted molar refractivity (Wildman–Crippen MR) is 79.4 cm³/mol. The number of anilines is 1. The monoisotopic (exact) mass is 303 g/mol. The number of hydrogen-bond acceptors (Lipinski definition) is 5. The van der Waals surface area contributed by atoms with Crippen molar-refractivity contribution < 1.29 is 19.0 Å². The van der Waals surface area contributed by atoms with Gasteiger partial charge in [0.1, 0.15) is 29.6 Å². The SMILES string of the molecule is COc1ccc(OC)c(NC(=O)c2cn3c(n2)COCC3)c1. The lowest BCUT2D eigenvalue weighted by Gasteiger charge is -2.13. The van der Waals surface area contributed by atoms with Gasteiger partial charge in [-0.25, -0.2) is 4.98 Å². The van der Waals surface area contributed by atoms with Crippen LogP contribution >= 0.6 is 0 Å². The van der Waals surface area contributed by atoms with E-state index in [0.717, 1.165) is 5.82 Å². The molecule has 0 bridgehead atoms. The molecule has 1 amide bonds. The topological polar surface area (TPSA) is 74.6 Å². The molecule has 7 nitrogen and oxygen atoms in total. The highest BCUT2D eigenvalue weighted by Gasteiger charge is 2.18. The number of fused-ring (bicyclic) bond motifs is 1. The fourth-order valence-electron chi connectivity index (χ4n) is 2.30. The molecule has 0 saturated carbocycles. The number of carbonyl (C=O) groups is 1. The Hall–Kier alpha value is -2.54. The molecule has 0 spiro atoms. The smallest absolute Gasteiger partial charge is 0.275 e. The van der Waals surface area contributed by atoms with E-state index in [9.17, 15) is 4.79 Å². The second-order valence-electron chi connectivity index (χ2n) is 4.81. The van der Waals surface area contributed by atoms with E-state index in [4.69, 9.17) is 14.2 Å². The third-order valence-corrected chi connectivity index (χ3v) is 3.45. The maximum Gasteiger partial charge on any atom is 0.275 e. The molecule has 116 valence electrons. The Balaban J connectivity index is 1.83. The lowest BCUT2D eigenvalue weighted by atomic mass is 10.2. The van der Waals surface area contributed by atoms with Gasteiger partial charge in [-0.15, -0.1) is 0 Å². The van der Waals surface area contributed by atoms with Gasteiger partial charge >= 0.3 is 0 Å². The van der Waals surface area contributed by atoms with E-state index in [1.165, 1.54) is 0 Å². The predicted octanol–water partition coefficient (Wildman–Crippen LogP) is 1.68. The van der Waals surface area contributed by atoms with Crippen LogP contribution in [0, 0.1) is 0 Å². The van der Waals surface area contributed by atoms with E-state index in [-0.39, 0.29) is 5.91 Å². The van der Waals surface area contributed by atoms with Crippen molar-refractivity contribution in [2.75, 3.05) is 26.1 Å². The molecule has 3 rings (SSSR count). The lowest BCUT2D eigenvalue weighted by molar-refractivity contribution is 0.0816. The summed E-state index contributed by atoms with van der Waals surface area (Å²) in [5.41, 5.74) is 0.888. The number of aromatic nitrogens is 2. The summed E-state index contributed by atoms with van der Waals surface area (Å²) >= 11 is 0. The first-order valence-electron chi connectivity index (χ1n) is 6.88. The van der Waals surface area contributed by atoms with Crippen molar-refractivity contribution in [3.05, 3.63) is 35.9 Å². The number of ether oxygens (including phenoxy) is 3. The summed E-state index contributed by atoms with van der Waals surface area (Å²) < 4.78 is 17.7. The van der Waals surface area contributed by atoms with Crippen molar-refractivity contribution in [3.63, 3.8) is 0 Å². The van der Waals surface area contributed by atoms with Gasteiger partial charge in [0.25, 0.3) is 5.91 Å². The van der Waals surface area contributed by atoms with Crippen LogP contribution in [0.2, 0.25) is 0 Å². The fourth-order valence-corrected chi connectivity index (χ4v) is 2.30. The molecule has 22 heavy (non-hydrogen) atoms. The maximum absolute atomic E-state index is 12.4. The Kier molecular flexibility index (Phi) is 3.97. The summed E-state index contributed by atoms with van der Waals surface area (Å²) in [6.07, 6.45) is 1.74. The third-order valence-electron chi connectivity index (χ3n) is 3.45. The number of hydrogen-bond donors (Lipinski definition) is 1. The summed E-state index contributed by atoms with van der Waals surface area (Å²) in [5.74, 6) is 1.65. The maximum atomic E-state index is 12.4. The van der Waals surface area contributed by atoms with E-state index < -0.39 is 0 Å². The van der Waals surface area contributed by atoms with Gasteiger partial charge in [0.15, 0.2) is 0 Å². The molecular weight excluding hydrogens is 286 g/mol. The molecule has 7 heteroatoms. The van der Waals surface area contributed by atoms with Gasteiger partial charge in [0, 0.05) is 18.8 Å². The zero-order chi connectivity index (χ0) is 15.5. The number of methoxy groups -OCH3 is 2. The number of amides is 1. The number of benzene rings is 1. The molecular formula is C15H17N3O4. The molecule has 1 aromatic heterocycles. The van der Waals surface area contributed by atoms with E-state index in [2.05, 4.69) is 10.3 Å². The van der Waals surface area contributed by atoms with Gasteiger partial charge in [-0.05, 0) is 12.1 Å². The van der Waals surface area contributed by atoms with Crippen LogP contribution in [0.4, 0.5) is 5.69 Å². The molecule has 0 saturated heterocycles. The van der Waals surface area contributed by atoms with Crippen LogP contribution in [0.25, 0.3) is 0 Å². The van der Waals surface area contributed by atoms with Crippen LogP contribution < -0.4 is 14.8 Å². The van der Waals surface area contributed by atoms with Crippen LogP contribution in [0.1, 0.15) is 16.3 Å². The molecule has 1 aliphatic rings. The standard InChI is InChI=1S/C15H17N3O4/c1-20-10-3-4-13(21-2)11(7-10)17-15(19)12-8-18-5-6-22-9-14(18)16-12/h3-4,7-8H,5-6,9H2,1-2H3,(H,17,19). The Morgan fingerprint density at radius 1 is 1.36 bits per heavy atom. The zero-order valence-corrected chi connectivity index (χ0v) is 12.5. The average Bonchev–Trinajstić information content (AvgIpc) is 2.99. The molecule has 2 aromatic rings. The number of imidazole rings is 1. The minimum Gasteiger partial charge on any atom is -0.497 e. The number of rotatable bonds is 4. The summed E-state index contributed by atoms with van der Waals surface area (Å²) in [7, 11) is 3.11. The first kappa shape index (κ1) is 14.4. The summed E-state index contributed by atoms with van der Waals surface area (Å²) in [4.78, 5) is 16.7. The van der Waals surface area contributed by atoms with Gasteiger partial charge < -0.3 is 24.1 Å². The normalized spacial score (nSPS) is 13.4. The van der Waals surface area contributed by atoms with Crippen molar-refractivity contribution in [1.29, 1.82) is 0 Å². The highest BCUT2D eigenvalue weighted by molar-refractivity contribution is 6.03. The average molecular weight is 303 g/mol. The molecule has 2 heterocycles. The fraction of sp³-hybridized carbons (Fsp3) is 0.333. The quantitative estimate of drug-likeness (QED) is 0.930. The molecule has 0 radical (unpaired) electrons. The second-order valence-corrected chi connectivity index (χ2v) is 4.81. The molecule has 0 atom stereocenters. The largest absolute Gasteiger partial charge is 0.497 e. The van der Waals surface area contributed by atoms with Crippen LogP contribution in [0.3, 0.4) is 0 Å². The van der Waals surface area contributed by atoms with Crippen molar-refractivity contribution in [1.82, 2.24) is 9.55 Å². The van der Waals surface area contributed by atoms with Crippen molar-refractivity contribution in [2.45, 2.75) is 13.2 Å². The zero-order valence-electron chi connectivity index (χ0n) is 12.5. The van der Waals surface area contributed by atoms with Crippen LogP contribution in [0.5, 0.6) is 11.5 Å². The van der Waals surface area contributed by atoms with Crippen molar-refractivity contribution >= 4 is 11.6 Å². The van der Waals surface area contributed by atoms with E-state index in [0.29, 0.717) is 42.6 Å². The summed E-state index contributed by atoms with van der Waals surface area (Å²) in [6, 6.07) is 5.21. The van der Waals surface area contributed by atoms with Crippen molar-refractivity contribution in [3.8, 4) is 11.5 Å². The number of nitrogens with zero attached hydrogens (tertiary/aromatic N) is 2. The first-order chi connectivity index (χ1) is 10.7. The van der Waals surface area contributed by atoms with Gasteiger partial charge in [-0.3, -0.25) is 4.79 Å².